The number of carbonyl (C=O) groups is 2. The zero-order chi connectivity index (χ0) is 22.9. The molecule has 3 aromatic carbocycles. The second-order valence-corrected chi connectivity index (χ2v) is 9.15. The van der Waals surface area contributed by atoms with Gasteiger partial charge in [0.25, 0.3) is 11.8 Å². The summed E-state index contributed by atoms with van der Waals surface area (Å²) >= 11 is 1.42. The number of nitrogens with zero attached hydrogens (tertiary/aromatic N) is 1. The Morgan fingerprint density at radius 2 is 1.61 bits per heavy atom. The van der Waals surface area contributed by atoms with Crippen molar-refractivity contribution in [2.75, 3.05) is 6.79 Å². The summed E-state index contributed by atoms with van der Waals surface area (Å²) in [4.78, 5) is 28.9. The summed E-state index contributed by atoms with van der Waals surface area (Å²) in [6.45, 7) is 4.41. The Labute approximate surface area is 197 Å². The summed E-state index contributed by atoms with van der Waals surface area (Å²) < 4.78 is 10.8. The van der Waals surface area contributed by atoms with Gasteiger partial charge in [-0.3, -0.25) is 14.5 Å². The molecule has 0 unspecified atom stereocenters. The first-order chi connectivity index (χ1) is 16.0. The molecule has 2 aliphatic heterocycles. The lowest BCUT2D eigenvalue weighted by molar-refractivity contribution is -0.137. The highest BCUT2D eigenvalue weighted by molar-refractivity contribution is 8.03. The van der Waals surface area contributed by atoms with Crippen molar-refractivity contribution < 1.29 is 19.1 Å². The predicted molar refractivity (Wildman–Crippen MR) is 129 cm³/mol. The fourth-order valence-electron chi connectivity index (χ4n) is 3.93. The van der Waals surface area contributed by atoms with Crippen LogP contribution in [0.15, 0.2) is 71.6 Å². The third kappa shape index (κ3) is 4.14. The number of imide groups is 1. The molecular weight excluding hydrogens is 434 g/mol. The number of benzene rings is 3. The van der Waals surface area contributed by atoms with Gasteiger partial charge in [-0.15, -0.1) is 11.8 Å². The van der Waals surface area contributed by atoms with Gasteiger partial charge in [-0.2, -0.15) is 0 Å². The van der Waals surface area contributed by atoms with Crippen LogP contribution in [-0.4, -0.2) is 23.5 Å². The molecule has 33 heavy (non-hydrogen) atoms. The molecule has 5 nitrogen and oxygen atoms in total. The van der Waals surface area contributed by atoms with E-state index < -0.39 is 0 Å². The van der Waals surface area contributed by atoms with Gasteiger partial charge in [-0.1, -0.05) is 54.6 Å². The summed E-state index contributed by atoms with van der Waals surface area (Å²) in [7, 11) is 0. The van der Waals surface area contributed by atoms with Crippen molar-refractivity contribution in [3.63, 3.8) is 0 Å². The third-order valence-electron chi connectivity index (χ3n) is 5.92. The van der Waals surface area contributed by atoms with E-state index in [2.05, 4.69) is 0 Å². The normalized spacial score (nSPS) is 15.0. The van der Waals surface area contributed by atoms with Gasteiger partial charge in [0, 0.05) is 5.75 Å². The molecular formula is C27H23NO4S. The molecule has 166 valence electrons. The van der Waals surface area contributed by atoms with Crippen LogP contribution in [0.3, 0.4) is 0 Å². The number of ether oxygens (including phenoxy) is 2. The molecule has 0 bridgehead atoms. The van der Waals surface area contributed by atoms with Crippen LogP contribution >= 0.6 is 11.8 Å². The first-order valence-electron chi connectivity index (χ1n) is 10.7. The van der Waals surface area contributed by atoms with Crippen LogP contribution in [0.2, 0.25) is 0 Å². The molecule has 2 aliphatic rings. The summed E-state index contributed by atoms with van der Waals surface area (Å²) in [6.07, 6.45) is 0. The fourth-order valence-corrected chi connectivity index (χ4v) is 5.02. The molecule has 6 heteroatoms. The largest absolute Gasteiger partial charge is 0.454 e. The van der Waals surface area contributed by atoms with Gasteiger partial charge in [-0.05, 0) is 53.8 Å². The van der Waals surface area contributed by atoms with Gasteiger partial charge in [0.1, 0.15) is 0 Å². The predicted octanol–water partition coefficient (Wildman–Crippen LogP) is 5.25. The summed E-state index contributed by atoms with van der Waals surface area (Å²) in [6, 6.07) is 21.4. The highest BCUT2D eigenvalue weighted by Gasteiger charge is 2.39. The average Bonchev–Trinajstić information content (AvgIpc) is 3.38. The van der Waals surface area contributed by atoms with Gasteiger partial charge < -0.3 is 9.47 Å². The molecule has 3 aromatic rings. The number of rotatable bonds is 6. The Balaban J connectivity index is 1.48. The molecule has 0 fully saturated rings. The van der Waals surface area contributed by atoms with Crippen LogP contribution in [-0.2, 0) is 21.9 Å². The fraction of sp³-hybridized carbons (Fsp3) is 0.185. The van der Waals surface area contributed by atoms with Gasteiger partial charge in [0.15, 0.2) is 11.5 Å². The van der Waals surface area contributed by atoms with E-state index >= 15 is 0 Å². The van der Waals surface area contributed by atoms with Crippen molar-refractivity contribution in [2.45, 2.75) is 26.1 Å². The molecule has 2 amide bonds. The van der Waals surface area contributed by atoms with Gasteiger partial charge in [0.05, 0.1) is 17.0 Å². The van der Waals surface area contributed by atoms with Gasteiger partial charge in [-0.25, -0.2) is 0 Å². The maximum absolute atomic E-state index is 13.6. The molecule has 0 saturated carbocycles. The summed E-state index contributed by atoms with van der Waals surface area (Å²) in [5, 5.41) is 0. The molecule has 0 aliphatic carbocycles. The van der Waals surface area contributed by atoms with Crippen LogP contribution in [0.4, 0.5) is 0 Å². The quantitative estimate of drug-likeness (QED) is 0.474. The summed E-state index contributed by atoms with van der Waals surface area (Å²) in [5.41, 5.74) is 5.40. The minimum Gasteiger partial charge on any atom is -0.454 e. The number of hydrogen-bond acceptors (Lipinski definition) is 5. The van der Waals surface area contributed by atoms with Gasteiger partial charge in [0.2, 0.25) is 6.79 Å². The zero-order valence-electron chi connectivity index (χ0n) is 18.5. The van der Waals surface area contributed by atoms with E-state index in [0.29, 0.717) is 27.7 Å². The average molecular weight is 458 g/mol. The van der Waals surface area contributed by atoms with Crippen molar-refractivity contribution >= 4 is 29.1 Å². The second-order valence-electron chi connectivity index (χ2n) is 8.16. The maximum atomic E-state index is 13.6. The van der Waals surface area contributed by atoms with Crippen LogP contribution in [0.25, 0.3) is 5.57 Å². The number of carbonyl (C=O) groups excluding carboxylic acids is 2. The highest BCUT2D eigenvalue weighted by Crippen LogP contribution is 2.39. The first-order valence-corrected chi connectivity index (χ1v) is 11.7. The SMILES string of the molecule is Cc1ccc(C2=C(SCc3ccccc3)C(=O)N(Cc3ccc4c(c3)OCO4)C2=O)cc1C. The number of thioether (sulfide) groups is 1. The van der Waals surface area contributed by atoms with Crippen molar-refractivity contribution in [1.82, 2.24) is 4.90 Å². The minimum atomic E-state index is -0.267. The number of fused-ring (bicyclic) bond motifs is 1. The first kappa shape index (κ1) is 21.3. The number of aryl methyl sites for hydroxylation is 2. The van der Waals surface area contributed by atoms with Crippen LogP contribution in [0, 0.1) is 13.8 Å². The van der Waals surface area contributed by atoms with Crippen molar-refractivity contribution in [3.05, 3.63) is 99.5 Å². The molecule has 0 aromatic heterocycles. The van der Waals surface area contributed by atoms with Gasteiger partial charge >= 0.3 is 0 Å². The molecule has 0 radical (unpaired) electrons. The molecule has 5 rings (SSSR count). The molecule has 0 N–H and O–H groups in total. The van der Waals surface area contributed by atoms with Crippen molar-refractivity contribution in [1.29, 1.82) is 0 Å². The van der Waals surface area contributed by atoms with Crippen molar-refractivity contribution in [3.8, 4) is 11.5 Å². The molecule has 2 heterocycles. The summed E-state index contributed by atoms with van der Waals surface area (Å²) in [5.74, 6) is 1.39. The molecule has 0 spiro atoms. The lowest BCUT2D eigenvalue weighted by Crippen LogP contribution is -2.30. The van der Waals surface area contributed by atoms with E-state index in [9.17, 15) is 9.59 Å². The Morgan fingerprint density at radius 3 is 2.39 bits per heavy atom. The van der Waals surface area contributed by atoms with E-state index in [4.69, 9.17) is 9.47 Å². The molecule has 0 atom stereocenters. The van der Waals surface area contributed by atoms with E-state index in [1.807, 2.05) is 80.6 Å². The zero-order valence-corrected chi connectivity index (χ0v) is 19.3. The van der Waals surface area contributed by atoms with Crippen LogP contribution < -0.4 is 9.47 Å². The van der Waals surface area contributed by atoms with Crippen molar-refractivity contribution in [2.24, 2.45) is 0 Å². The van der Waals surface area contributed by atoms with E-state index in [0.717, 1.165) is 27.8 Å². The molecule has 0 saturated heterocycles. The Bertz CT molecular complexity index is 1280. The number of amides is 2. The Kier molecular flexibility index (Phi) is 5.68. The Hall–Kier alpha value is -3.51. The van der Waals surface area contributed by atoms with Crippen LogP contribution in [0.5, 0.6) is 11.5 Å². The monoisotopic (exact) mass is 457 g/mol. The smallest absolute Gasteiger partial charge is 0.268 e. The highest BCUT2D eigenvalue weighted by atomic mass is 32.2. The van der Waals surface area contributed by atoms with E-state index in [-0.39, 0.29) is 25.2 Å². The standard InChI is InChI=1S/C27H23NO4S/c1-17-8-10-21(12-18(17)2)24-25(33-15-19-6-4-3-5-7-19)27(30)28(26(24)29)14-20-9-11-22-23(13-20)32-16-31-22/h3-13H,14-16H2,1-2H3. The third-order valence-corrected chi connectivity index (χ3v) is 7.07. The lowest BCUT2D eigenvalue weighted by atomic mass is 10.0. The van der Waals surface area contributed by atoms with E-state index in [1.54, 1.807) is 0 Å². The topological polar surface area (TPSA) is 55.8 Å². The lowest BCUT2D eigenvalue weighted by Gasteiger charge is -2.15. The van der Waals surface area contributed by atoms with E-state index in [1.165, 1.54) is 16.7 Å². The Morgan fingerprint density at radius 1 is 0.818 bits per heavy atom. The maximum Gasteiger partial charge on any atom is 0.268 e. The second kappa shape index (κ2) is 8.79. The number of hydrogen-bond donors (Lipinski definition) is 0. The minimum absolute atomic E-state index is 0.179. The van der Waals surface area contributed by atoms with Crippen LogP contribution in [0.1, 0.15) is 27.8 Å².